The summed E-state index contributed by atoms with van der Waals surface area (Å²) in [5.41, 5.74) is 1.40. The third-order valence-electron chi connectivity index (χ3n) is 5.17. The zero-order valence-corrected chi connectivity index (χ0v) is 21.2. The van der Waals surface area contributed by atoms with Crippen molar-refractivity contribution in [2.24, 2.45) is 0 Å². The molecule has 0 radical (unpaired) electrons. The molecular formula is C26H22O8S2. The van der Waals surface area contributed by atoms with E-state index in [1.807, 2.05) is 13.8 Å². The molecule has 0 aliphatic carbocycles. The smallest absolute Gasteiger partial charge is 0.336 e. The standard InChI is InChI=1S/C26H22O8S2/c1-15-11-25(29)33-21-13-17(3-5-19(15)21)31-23(27)7-9-35-36-10-8-24(28)32-18-4-6-20-16(2)12-26(30)34-22(20)14-18/h3-6,11-14H,7-10H2,1-2H3. The molecule has 0 aliphatic rings. The topological polar surface area (TPSA) is 113 Å². The van der Waals surface area contributed by atoms with Gasteiger partial charge in [-0.05, 0) is 49.2 Å². The summed E-state index contributed by atoms with van der Waals surface area (Å²) in [6, 6.07) is 12.7. The summed E-state index contributed by atoms with van der Waals surface area (Å²) in [6.07, 6.45) is 0.360. The predicted molar refractivity (Wildman–Crippen MR) is 140 cm³/mol. The van der Waals surface area contributed by atoms with Crippen LogP contribution in [0.3, 0.4) is 0 Å². The zero-order valence-electron chi connectivity index (χ0n) is 19.5. The van der Waals surface area contributed by atoms with Crippen molar-refractivity contribution in [1.29, 1.82) is 0 Å². The van der Waals surface area contributed by atoms with Crippen molar-refractivity contribution in [3.63, 3.8) is 0 Å². The largest absolute Gasteiger partial charge is 0.426 e. The van der Waals surface area contributed by atoms with E-state index in [0.717, 1.165) is 21.9 Å². The van der Waals surface area contributed by atoms with Crippen LogP contribution < -0.4 is 20.7 Å². The van der Waals surface area contributed by atoms with Crippen LogP contribution in [0.25, 0.3) is 21.9 Å². The van der Waals surface area contributed by atoms with E-state index in [-0.39, 0.29) is 12.8 Å². The predicted octanol–water partition coefficient (Wildman–Crippen LogP) is 5.19. The fraction of sp³-hybridized carbons (Fsp3) is 0.231. The molecule has 0 fully saturated rings. The maximum Gasteiger partial charge on any atom is 0.336 e. The zero-order chi connectivity index (χ0) is 25.7. The number of ether oxygens (including phenoxy) is 2. The van der Waals surface area contributed by atoms with Crippen LogP contribution in [0.2, 0.25) is 0 Å². The summed E-state index contributed by atoms with van der Waals surface area (Å²) < 4.78 is 21.0. The minimum absolute atomic E-state index is 0.180. The number of aryl methyl sites for hydroxylation is 2. The Morgan fingerprint density at radius 1 is 0.694 bits per heavy atom. The highest BCUT2D eigenvalue weighted by atomic mass is 33.1. The van der Waals surface area contributed by atoms with E-state index < -0.39 is 23.2 Å². The first kappa shape index (κ1) is 25.6. The summed E-state index contributed by atoms with van der Waals surface area (Å²) in [7, 11) is 2.90. The van der Waals surface area contributed by atoms with Crippen LogP contribution in [0, 0.1) is 13.8 Å². The summed E-state index contributed by atoms with van der Waals surface area (Å²) in [4.78, 5) is 47.3. The van der Waals surface area contributed by atoms with Crippen molar-refractivity contribution >= 4 is 55.5 Å². The molecule has 2 heterocycles. The lowest BCUT2D eigenvalue weighted by molar-refractivity contribution is -0.134. The number of hydrogen-bond donors (Lipinski definition) is 0. The van der Waals surface area contributed by atoms with Crippen LogP contribution in [0.1, 0.15) is 24.0 Å². The number of carbonyl (C=O) groups excluding carboxylic acids is 2. The lowest BCUT2D eigenvalue weighted by Gasteiger charge is -2.07. The summed E-state index contributed by atoms with van der Waals surface area (Å²) in [5.74, 6) is 0.812. The fourth-order valence-electron chi connectivity index (χ4n) is 3.47. The molecule has 2 aromatic carbocycles. The summed E-state index contributed by atoms with van der Waals surface area (Å²) in [5, 5.41) is 1.56. The lowest BCUT2D eigenvalue weighted by atomic mass is 10.1. The van der Waals surface area contributed by atoms with Gasteiger partial charge in [-0.1, -0.05) is 21.6 Å². The van der Waals surface area contributed by atoms with Gasteiger partial charge in [0.2, 0.25) is 0 Å². The fourth-order valence-corrected chi connectivity index (χ4v) is 5.41. The van der Waals surface area contributed by atoms with Gasteiger partial charge in [-0.3, -0.25) is 9.59 Å². The summed E-state index contributed by atoms with van der Waals surface area (Å²) in [6.45, 7) is 3.62. The molecule has 0 unspecified atom stereocenters. The van der Waals surface area contributed by atoms with Crippen molar-refractivity contribution in [3.05, 3.63) is 80.5 Å². The minimum Gasteiger partial charge on any atom is -0.426 e. The van der Waals surface area contributed by atoms with Crippen molar-refractivity contribution in [2.75, 3.05) is 11.5 Å². The molecule has 0 aliphatic heterocycles. The maximum absolute atomic E-state index is 12.1. The molecule has 0 saturated heterocycles. The van der Waals surface area contributed by atoms with E-state index in [0.29, 0.717) is 34.2 Å². The molecule has 0 atom stereocenters. The van der Waals surface area contributed by atoms with Crippen LogP contribution in [0.15, 0.2) is 67.0 Å². The molecule has 0 amide bonds. The first-order valence-corrected chi connectivity index (χ1v) is 13.5. The van der Waals surface area contributed by atoms with E-state index in [1.54, 1.807) is 24.3 Å². The van der Waals surface area contributed by atoms with Gasteiger partial charge in [0.1, 0.15) is 22.7 Å². The molecule has 10 heteroatoms. The summed E-state index contributed by atoms with van der Waals surface area (Å²) >= 11 is 0. The molecule has 0 N–H and O–H groups in total. The number of rotatable bonds is 9. The van der Waals surface area contributed by atoms with E-state index >= 15 is 0 Å². The van der Waals surface area contributed by atoms with Crippen molar-refractivity contribution < 1.29 is 27.9 Å². The maximum atomic E-state index is 12.1. The van der Waals surface area contributed by atoms with E-state index in [4.69, 9.17) is 18.3 Å². The van der Waals surface area contributed by atoms with Gasteiger partial charge in [0.25, 0.3) is 0 Å². The average Bonchev–Trinajstić information content (AvgIpc) is 2.80. The first-order valence-electron chi connectivity index (χ1n) is 11.0. The van der Waals surface area contributed by atoms with Crippen LogP contribution in [-0.2, 0) is 9.59 Å². The van der Waals surface area contributed by atoms with Crippen LogP contribution in [-0.4, -0.2) is 23.4 Å². The van der Waals surface area contributed by atoms with Gasteiger partial charge < -0.3 is 18.3 Å². The highest BCUT2D eigenvalue weighted by Crippen LogP contribution is 2.26. The molecule has 0 spiro atoms. The molecule has 4 rings (SSSR count). The molecule has 4 aromatic rings. The van der Waals surface area contributed by atoms with Gasteiger partial charge in [0, 0.05) is 46.5 Å². The molecular weight excluding hydrogens is 504 g/mol. The molecule has 0 saturated carbocycles. The van der Waals surface area contributed by atoms with Crippen LogP contribution in [0.4, 0.5) is 0 Å². The number of benzene rings is 2. The SMILES string of the molecule is Cc1cc(=O)oc2cc(OC(=O)CCSSCCC(=O)Oc3ccc4c(C)cc(=O)oc4c3)ccc12. The normalized spacial score (nSPS) is 11.1. The van der Waals surface area contributed by atoms with Gasteiger partial charge in [-0.2, -0.15) is 0 Å². The Bertz CT molecular complexity index is 1440. The molecule has 36 heavy (non-hydrogen) atoms. The van der Waals surface area contributed by atoms with Gasteiger partial charge in [-0.25, -0.2) is 9.59 Å². The highest BCUT2D eigenvalue weighted by molar-refractivity contribution is 8.76. The third-order valence-corrected chi connectivity index (χ3v) is 7.58. The van der Waals surface area contributed by atoms with Crippen LogP contribution in [0.5, 0.6) is 11.5 Å². The number of esters is 2. The Balaban J connectivity index is 1.17. The first-order chi connectivity index (χ1) is 17.3. The number of fused-ring (bicyclic) bond motifs is 2. The Labute approximate surface area is 213 Å². The van der Waals surface area contributed by atoms with E-state index in [1.165, 1.54) is 45.9 Å². The Kier molecular flexibility index (Phi) is 8.17. The monoisotopic (exact) mass is 526 g/mol. The number of hydrogen-bond acceptors (Lipinski definition) is 10. The lowest BCUT2D eigenvalue weighted by Crippen LogP contribution is -2.09. The van der Waals surface area contributed by atoms with Gasteiger partial charge in [0.15, 0.2) is 0 Å². The van der Waals surface area contributed by atoms with Crippen molar-refractivity contribution in [2.45, 2.75) is 26.7 Å². The van der Waals surface area contributed by atoms with Gasteiger partial charge >= 0.3 is 23.2 Å². The quantitative estimate of drug-likeness (QED) is 0.0949. The molecule has 2 aromatic heterocycles. The molecule has 0 bridgehead atoms. The second-order valence-electron chi connectivity index (χ2n) is 7.90. The Morgan fingerprint density at radius 3 is 1.53 bits per heavy atom. The molecule has 8 nitrogen and oxygen atoms in total. The van der Waals surface area contributed by atoms with Gasteiger partial charge in [-0.15, -0.1) is 0 Å². The van der Waals surface area contributed by atoms with E-state index in [2.05, 4.69) is 0 Å². The van der Waals surface area contributed by atoms with Crippen molar-refractivity contribution in [3.8, 4) is 11.5 Å². The minimum atomic E-state index is -0.457. The van der Waals surface area contributed by atoms with Crippen LogP contribution >= 0.6 is 21.6 Å². The Hall–Kier alpha value is -3.50. The third kappa shape index (κ3) is 6.58. The number of carbonyl (C=O) groups is 2. The second-order valence-corrected chi connectivity index (χ2v) is 10.6. The highest BCUT2D eigenvalue weighted by Gasteiger charge is 2.11. The van der Waals surface area contributed by atoms with Crippen molar-refractivity contribution in [1.82, 2.24) is 0 Å². The van der Waals surface area contributed by atoms with Gasteiger partial charge in [0.05, 0.1) is 12.8 Å². The average molecular weight is 527 g/mol. The molecule has 186 valence electrons. The Morgan fingerprint density at radius 2 is 1.11 bits per heavy atom. The second kappa shape index (κ2) is 11.5. The van der Waals surface area contributed by atoms with E-state index in [9.17, 15) is 19.2 Å².